The van der Waals surface area contributed by atoms with Crippen LogP contribution in [0.25, 0.3) is 0 Å². The molecule has 0 bridgehead atoms. The summed E-state index contributed by atoms with van der Waals surface area (Å²) in [7, 11) is 0. The highest BCUT2D eigenvalue weighted by Crippen LogP contribution is 2.30. The van der Waals surface area contributed by atoms with E-state index in [2.05, 4.69) is 10.1 Å². The van der Waals surface area contributed by atoms with Gasteiger partial charge in [-0.15, -0.1) is 0 Å². The number of carbonyl (C=O) groups is 2. The Balaban J connectivity index is 4.44. The van der Waals surface area contributed by atoms with E-state index in [0.717, 1.165) is 0 Å². The number of aliphatic carboxylic acids is 1. The number of carbonyl (C=O) groups excluding carboxylic acids is 1. The lowest BCUT2D eigenvalue weighted by Crippen LogP contribution is -2.57. The molecule has 0 heterocycles. The SMILES string of the molecule is CC(C)(NC(=O)COCC(F)(F)F)C(C)(C)C(=O)O. The van der Waals surface area contributed by atoms with E-state index >= 15 is 0 Å². The van der Waals surface area contributed by atoms with Crippen LogP contribution in [0.4, 0.5) is 13.2 Å². The maximum Gasteiger partial charge on any atom is 0.411 e. The summed E-state index contributed by atoms with van der Waals surface area (Å²) >= 11 is 0. The van der Waals surface area contributed by atoms with Crippen LogP contribution >= 0.6 is 0 Å². The van der Waals surface area contributed by atoms with Crippen molar-refractivity contribution in [3.63, 3.8) is 0 Å². The fraction of sp³-hybridized carbons (Fsp3) is 0.818. The number of hydrogen-bond acceptors (Lipinski definition) is 3. The van der Waals surface area contributed by atoms with Crippen LogP contribution in [0.3, 0.4) is 0 Å². The Morgan fingerprint density at radius 2 is 1.63 bits per heavy atom. The van der Waals surface area contributed by atoms with Crippen molar-refractivity contribution in [3.05, 3.63) is 0 Å². The van der Waals surface area contributed by atoms with Crippen molar-refractivity contribution in [1.82, 2.24) is 5.32 Å². The third-order valence-electron chi connectivity index (χ3n) is 3.05. The average molecular weight is 285 g/mol. The van der Waals surface area contributed by atoms with E-state index in [-0.39, 0.29) is 0 Å². The first kappa shape index (κ1) is 17.7. The summed E-state index contributed by atoms with van der Waals surface area (Å²) in [6.07, 6.45) is -4.50. The Morgan fingerprint density at radius 3 is 2.00 bits per heavy atom. The number of carboxylic acid groups (broad SMARTS) is 1. The lowest BCUT2D eigenvalue weighted by atomic mass is 9.74. The van der Waals surface area contributed by atoms with Crippen LogP contribution in [0.1, 0.15) is 27.7 Å². The van der Waals surface area contributed by atoms with Gasteiger partial charge in [0.15, 0.2) is 0 Å². The van der Waals surface area contributed by atoms with Crippen LogP contribution in [-0.2, 0) is 14.3 Å². The van der Waals surface area contributed by atoms with E-state index in [9.17, 15) is 22.8 Å². The summed E-state index contributed by atoms with van der Waals surface area (Å²) in [5.41, 5.74) is -2.43. The molecule has 0 aromatic rings. The third kappa shape index (κ3) is 5.46. The Bertz CT molecular complexity index is 350. The van der Waals surface area contributed by atoms with Gasteiger partial charge in [-0.3, -0.25) is 9.59 Å². The predicted molar refractivity (Wildman–Crippen MR) is 60.5 cm³/mol. The smallest absolute Gasteiger partial charge is 0.411 e. The lowest BCUT2D eigenvalue weighted by Gasteiger charge is -2.38. The summed E-state index contributed by atoms with van der Waals surface area (Å²) < 4.78 is 39.6. The molecule has 8 heteroatoms. The predicted octanol–water partition coefficient (Wildman–Crippen LogP) is 1.57. The van der Waals surface area contributed by atoms with Gasteiger partial charge in [-0.05, 0) is 27.7 Å². The van der Waals surface area contributed by atoms with Gasteiger partial charge in [-0.1, -0.05) is 0 Å². The average Bonchev–Trinajstić information content (AvgIpc) is 2.13. The molecule has 1 amide bonds. The first-order chi connectivity index (χ1) is 8.29. The van der Waals surface area contributed by atoms with Gasteiger partial charge in [0.1, 0.15) is 13.2 Å². The number of rotatable bonds is 6. The minimum absolute atomic E-state index is 0.779. The maximum atomic E-state index is 11.8. The Morgan fingerprint density at radius 1 is 1.16 bits per heavy atom. The molecule has 112 valence electrons. The van der Waals surface area contributed by atoms with Crippen molar-refractivity contribution in [2.75, 3.05) is 13.2 Å². The molecule has 0 radical (unpaired) electrons. The normalized spacial score (nSPS) is 13.2. The molecule has 0 spiro atoms. The quantitative estimate of drug-likeness (QED) is 0.776. The van der Waals surface area contributed by atoms with E-state index in [0.29, 0.717) is 0 Å². The van der Waals surface area contributed by atoms with Crippen LogP contribution in [-0.4, -0.2) is 41.9 Å². The van der Waals surface area contributed by atoms with Crippen LogP contribution in [0.15, 0.2) is 0 Å². The Hall–Kier alpha value is -1.31. The number of alkyl halides is 3. The fourth-order valence-corrected chi connectivity index (χ4v) is 1.07. The summed E-state index contributed by atoms with van der Waals surface area (Å²) in [6, 6.07) is 0. The van der Waals surface area contributed by atoms with Crippen molar-refractivity contribution in [3.8, 4) is 0 Å². The molecule has 5 nitrogen and oxygen atoms in total. The minimum atomic E-state index is -4.50. The minimum Gasteiger partial charge on any atom is -0.481 e. The molecule has 0 saturated carbocycles. The third-order valence-corrected chi connectivity index (χ3v) is 3.05. The second kappa shape index (κ2) is 5.77. The van der Waals surface area contributed by atoms with E-state index in [1.807, 2.05) is 0 Å². The molecular formula is C11H18F3NO4. The van der Waals surface area contributed by atoms with Crippen LogP contribution in [0, 0.1) is 5.41 Å². The van der Waals surface area contributed by atoms with Crippen LogP contribution in [0.2, 0.25) is 0 Å². The maximum absolute atomic E-state index is 11.8. The van der Waals surface area contributed by atoms with Crippen molar-refractivity contribution in [2.45, 2.75) is 39.4 Å². The van der Waals surface area contributed by atoms with E-state index in [4.69, 9.17) is 5.11 Å². The highest BCUT2D eigenvalue weighted by atomic mass is 19.4. The monoisotopic (exact) mass is 285 g/mol. The highest BCUT2D eigenvalue weighted by molar-refractivity contribution is 5.81. The van der Waals surface area contributed by atoms with E-state index < -0.39 is 42.2 Å². The van der Waals surface area contributed by atoms with Gasteiger partial charge in [0, 0.05) is 0 Å². The van der Waals surface area contributed by atoms with Gasteiger partial charge < -0.3 is 15.2 Å². The number of halogens is 3. The molecule has 0 fully saturated rings. The van der Waals surface area contributed by atoms with Crippen molar-refractivity contribution < 1.29 is 32.6 Å². The van der Waals surface area contributed by atoms with Gasteiger partial charge in [0.2, 0.25) is 5.91 Å². The standard InChI is InChI=1S/C11H18F3NO4/c1-9(2,8(17)18)10(3,4)15-7(16)5-19-6-11(12,13)14/h5-6H2,1-4H3,(H,15,16)(H,17,18). The fourth-order valence-electron chi connectivity index (χ4n) is 1.07. The highest BCUT2D eigenvalue weighted by Gasteiger charge is 2.44. The second-order valence-electron chi connectivity index (χ2n) is 5.21. The summed E-state index contributed by atoms with van der Waals surface area (Å²) in [6.45, 7) is 3.46. The number of nitrogens with one attached hydrogen (secondary N) is 1. The topological polar surface area (TPSA) is 75.6 Å². The van der Waals surface area contributed by atoms with Gasteiger partial charge in [-0.2, -0.15) is 13.2 Å². The van der Waals surface area contributed by atoms with Crippen molar-refractivity contribution in [1.29, 1.82) is 0 Å². The van der Waals surface area contributed by atoms with E-state index in [1.54, 1.807) is 0 Å². The molecule has 2 N–H and O–H groups in total. The van der Waals surface area contributed by atoms with Gasteiger partial charge >= 0.3 is 12.1 Å². The molecule has 0 aliphatic rings. The number of hydrogen-bond donors (Lipinski definition) is 2. The summed E-state index contributed by atoms with van der Waals surface area (Å²) in [5, 5.41) is 11.4. The lowest BCUT2D eigenvalue weighted by molar-refractivity contribution is -0.176. The van der Waals surface area contributed by atoms with Gasteiger partial charge in [-0.25, -0.2) is 0 Å². The Labute approximate surface area is 109 Å². The largest absolute Gasteiger partial charge is 0.481 e. The molecule has 0 atom stereocenters. The second-order valence-corrected chi connectivity index (χ2v) is 5.21. The number of carboxylic acids is 1. The summed E-state index contributed by atoms with van der Waals surface area (Å²) in [5.74, 6) is -1.93. The molecule has 0 aliphatic heterocycles. The molecule has 0 rings (SSSR count). The molecule has 19 heavy (non-hydrogen) atoms. The molecule has 0 aromatic heterocycles. The zero-order valence-corrected chi connectivity index (χ0v) is 11.2. The molecule has 0 aliphatic carbocycles. The molecule has 0 aromatic carbocycles. The molecule has 0 unspecified atom stereocenters. The van der Waals surface area contributed by atoms with Crippen LogP contribution < -0.4 is 5.32 Å². The zero-order chi connectivity index (χ0) is 15.5. The van der Waals surface area contributed by atoms with Crippen molar-refractivity contribution >= 4 is 11.9 Å². The van der Waals surface area contributed by atoms with Crippen molar-refractivity contribution in [2.24, 2.45) is 5.41 Å². The molecule has 0 saturated heterocycles. The first-order valence-corrected chi connectivity index (χ1v) is 5.48. The van der Waals surface area contributed by atoms with Gasteiger partial charge in [0.05, 0.1) is 11.0 Å². The van der Waals surface area contributed by atoms with E-state index in [1.165, 1.54) is 27.7 Å². The summed E-state index contributed by atoms with van der Waals surface area (Å²) in [4.78, 5) is 22.5. The van der Waals surface area contributed by atoms with Gasteiger partial charge in [0.25, 0.3) is 0 Å². The Kier molecular flexibility index (Phi) is 5.37. The van der Waals surface area contributed by atoms with Crippen LogP contribution in [0.5, 0.6) is 0 Å². The number of ether oxygens (including phenoxy) is 1. The zero-order valence-electron chi connectivity index (χ0n) is 11.2. The number of amides is 1. The molecular weight excluding hydrogens is 267 g/mol. The first-order valence-electron chi connectivity index (χ1n) is 5.48.